The Morgan fingerprint density at radius 3 is 2.47 bits per heavy atom. The standard InChI is InChI=1S/C18H17ClN4O5S2/c19-12-5-6-16(29(24,25)10-13(20)9-17(21)22)14(8-12)23-30(26,27)18-7-11-3-1-2-4-15(11)28-18/h1-9,20,23H,10,21-22H2. The fraction of sp³-hybridized carbons (Fsp3) is 0.0556. The van der Waals surface area contributed by atoms with Crippen molar-refractivity contribution in [3.63, 3.8) is 0 Å². The van der Waals surface area contributed by atoms with E-state index in [9.17, 15) is 16.8 Å². The van der Waals surface area contributed by atoms with Crippen molar-refractivity contribution in [1.29, 1.82) is 5.41 Å². The van der Waals surface area contributed by atoms with Crippen LogP contribution in [0.3, 0.4) is 0 Å². The maximum absolute atomic E-state index is 12.8. The second kappa shape index (κ2) is 8.01. The van der Waals surface area contributed by atoms with Crippen molar-refractivity contribution in [3.05, 3.63) is 65.5 Å². The number of hydrogen-bond acceptors (Lipinski definition) is 8. The number of sulfone groups is 1. The summed E-state index contributed by atoms with van der Waals surface area (Å²) in [6, 6.07) is 11.6. The highest BCUT2D eigenvalue weighted by Gasteiger charge is 2.26. The highest BCUT2D eigenvalue weighted by atomic mass is 35.5. The number of furan rings is 1. The Hall–Kier alpha value is -3.02. The van der Waals surface area contributed by atoms with Crippen LogP contribution >= 0.6 is 11.6 Å². The van der Waals surface area contributed by atoms with Crippen LogP contribution in [0.1, 0.15) is 0 Å². The zero-order valence-corrected chi connectivity index (χ0v) is 17.7. The molecule has 0 aliphatic carbocycles. The van der Waals surface area contributed by atoms with Crippen LogP contribution in [0.25, 0.3) is 11.0 Å². The van der Waals surface area contributed by atoms with Crippen LogP contribution in [0.5, 0.6) is 0 Å². The van der Waals surface area contributed by atoms with Crippen LogP contribution in [0.15, 0.2) is 74.8 Å². The number of nitrogens with one attached hydrogen (secondary N) is 2. The smallest absolute Gasteiger partial charge is 0.295 e. The van der Waals surface area contributed by atoms with Crippen LogP contribution in [0.2, 0.25) is 5.02 Å². The first-order valence-electron chi connectivity index (χ1n) is 8.32. The molecule has 0 saturated heterocycles. The molecule has 0 unspecified atom stereocenters. The third-order valence-corrected chi connectivity index (χ3v) is 7.05. The summed E-state index contributed by atoms with van der Waals surface area (Å²) >= 11 is 5.94. The van der Waals surface area contributed by atoms with E-state index in [1.54, 1.807) is 24.3 Å². The number of benzene rings is 2. The lowest BCUT2D eigenvalue weighted by Crippen LogP contribution is -2.20. The summed E-state index contributed by atoms with van der Waals surface area (Å²) in [5.74, 6) is -0.969. The lowest BCUT2D eigenvalue weighted by molar-refractivity contribution is 0.484. The Morgan fingerprint density at radius 1 is 1.10 bits per heavy atom. The van der Waals surface area contributed by atoms with E-state index in [1.807, 2.05) is 0 Å². The Bertz CT molecular complexity index is 1340. The van der Waals surface area contributed by atoms with Gasteiger partial charge in [0.15, 0.2) is 9.84 Å². The van der Waals surface area contributed by atoms with Crippen molar-refractivity contribution in [3.8, 4) is 0 Å². The van der Waals surface area contributed by atoms with Gasteiger partial charge in [-0.25, -0.2) is 8.42 Å². The Balaban J connectivity index is 2.01. The molecule has 2 aromatic carbocycles. The van der Waals surface area contributed by atoms with E-state index >= 15 is 0 Å². The van der Waals surface area contributed by atoms with E-state index in [0.717, 1.165) is 18.2 Å². The van der Waals surface area contributed by atoms with Crippen LogP contribution in [-0.2, 0) is 19.9 Å². The van der Waals surface area contributed by atoms with Crippen LogP contribution in [0.4, 0.5) is 5.69 Å². The van der Waals surface area contributed by atoms with Gasteiger partial charge in [-0.3, -0.25) is 4.72 Å². The fourth-order valence-corrected chi connectivity index (χ4v) is 5.31. The predicted molar refractivity (Wildman–Crippen MR) is 115 cm³/mol. The summed E-state index contributed by atoms with van der Waals surface area (Å²) in [4.78, 5) is -0.361. The molecule has 0 aliphatic rings. The number of nitrogens with two attached hydrogens (primary N) is 2. The third-order valence-electron chi connectivity index (χ3n) is 3.88. The van der Waals surface area contributed by atoms with Crippen molar-refractivity contribution in [1.82, 2.24) is 0 Å². The van der Waals surface area contributed by atoms with E-state index < -0.39 is 30.7 Å². The molecule has 0 atom stereocenters. The van der Waals surface area contributed by atoms with Gasteiger partial charge >= 0.3 is 0 Å². The molecule has 0 bridgehead atoms. The molecule has 0 saturated carbocycles. The molecule has 1 aromatic heterocycles. The maximum Gasteiger partial charge on any atom is 0.295 e. The van der Waals surface area contributed by atoms with Crippen molar-refractivity contribution < 1.29 is 21.3 Å². The van der Waals surface area contributed by atoms with Gasteiger partial charge in [0.1, 0.15) is 5.58 Å². The van der Waals surface area contributed by atoms with Crippen molar-refractivity contribution in [2.24, 2.45) is 11.5 Å². The number of anilines is 1. The number of para-hydroxylation sites is 1. The van der Waals surface area contributed by atoms with E-state index in [2.05, 4.69) is 4.72 Å². The van der Waals surface area contributed by atoms with Gasteiger partial charge in [0, 0.05) is 16.5 Å². The number of rotatable bonds is 7. The average Bonchev–Trinajstić information content (AvgIpc) is 3.05. The van der Waals surface area contributed by atoms with Gasteiger partial charge in [-0.05, 0) is 30.3 Å². The molecular weight excluding hydrogens is 452 g/mol. The van der Waals surface area contributed by atoms with E-state index in [1.165, 1.54) is 12.1 Å². The molecule has 1 heterocycles. The van der Waals surface area contributed by atoms with E-state index in [0.29, 0.717) is 11.0 Å². The molecule has 0 fully saturated rings. The number of fused-ring (bicyclic) bond motifs is 1. The number of sulfonamides is 1. The number of halogens is 1. The number of hydrogen-bond donors (Lipinski definition) is 4. The second-order valence-electron chi connectivity index (χ2n) is 6.28. The first-order chi connectivity index (χ1) is 14.0. The summed E-state index contributed by atoms with van der Waals surface area (Å²) in [5, 5.41) is 8.00. The zero-order valence-electron chi connectivity index (χ0n) is 15.3. The minimum absolute atomic E-state index is 0.109. The Labute approximate surface area is 177 Å². The molecule has 9 nitrogen and oxygen atoms in total. The molecule has 30 heavy (non-hydrogen) atoms. The minimum Gasteiger partial charge on any atom is -0.443 e. The topological polar surface area (TPSA) is 169 Å². The molecule has 0 amide bonds. The van der Waals surface area contributed by atoms with E-state index in [4.69, 9.17) is 32.9 Å². The predicted octanol–water partition coefficient (Wildman–Crippen LogP) is 2.44. The number of allylic oxidation sites excluding steroid dienone is 1. The van der Waals surface area contributed by atoms with Crippen LogP contribution in [-0.4, -0.2) is 28.3 Å². The van der Waals surface area contributed by atoms with Crippen molar-refractivity contribution in [2.45, 2.75) is 9.99 Å². The van der Waals surface area contributed by atoms with E-state index in [-0.39, 0.29) is 27.1 Å². The highest BCUT2D eigenvalue weighted by Crippen LogP contribution is 2.30. The first kappa shape index (κ1) is 21.7. The molecule has 0 aliphatic heterocycles. The highest BCUT2D eigenvalue weighted by molar-refractivity contribution is 7.93. The van der Waals surface area contributed by atoms with Crippen molar-refractivity contribution >= 4 is 53.8 Å². The summed E-state index contributed by atoms with van der Waals surface area (Å²) in [7, 11) is -8.40. The summed E-state index contributed by atoms with van der Waals surface area (Å²) in [6.45, 7) is 0. The van der Waals surface area contributed by atoms with Gasteiger partial charge in [-0.15, -0.1) is 0 Å². The van der Waals surface area contributed by atoms with Gasteiger partial charge in [-0.2, -0.15) is 8.42 Å². The SMILES string of the molecule is N=C(C=C(N)N)CS(=O)(=O)c1ccc(Cl)cc1NS(=O)(=O)c1cc2ccccc2o1. The minimum atomic E-state index is -4.27. The zero-order chi connectivity index (χ0) is 22.1. The monoisotopic (exact) mass is 468 g/mol. The fourth-order valence-electron chi connectivity index (χ4n) is 2.66. The molecule has 3 rings (SSSR count). The normalized spacial score (nSPS) is 11.9. The third kappa shape index (κ3) is 4.75. The quantitative estimate of drug-likeness (QED) is 0.386. The summed E-state index contributed by atoms with van der Waals surface area (Å²) in [6.07, 6.45) is 0.992. The lowest BCUT2D eigenvalue weighted by Gasteiger charge is -2.12. The van der Waals surface area contributed by atoms with Gasteiger partial charge in [0.05, 0.1) is 27.9 Å². The Morgan fingerprint density at radius 2 is 1.80 bits per heavy atom. The molecule has 0 radical (unpaired) electrons. The van der Waals surface area contributed by atoms with Crippen LogP contribution < -0.4 is 16.2 Å². The molecule has 3 aromatic rings. The van der Waals surface area contributed by atoms with Gasteiger partial charge in [0.25, 0.3) is 10.0 Å². The molecule has 6 N–H and O–H groups in total. The van der Waals surface area contributed by atoms with Gasteiger partial charge in [0.2, 0.25) is 5.09 Å². The molecule has 0 spiro atoms. The summed E-state index contributed by atoms with van der Waals surface area (Å²) in [5.41, 5.74) is 10.2. The summed E-state index contributed by atoms with van der Waals surface area (Å²) < 4.78 is 58.7. The maximum atomic E-state index is 12.8. The Kier molecular flexibility index (Phi) is 5.79. The lowest BCUT2D eigenvalue weighted by atomic mass is 10.3. The van der Waals surface area contributed by atoms with Gasteiger partial charge < -0.3 is 21.3 Å². The van der Waals surface area contributed by atoms with Gasteiger partial charge in [-0.1, -0.05) is 29.8 Å². The largest absolute Gasteiger partial charge is 0.443 e. The van der Waals surface area contributed by atoms with Crippen LogP contribution in [0, 0.1) is 5.41 Å². The molecule has 12 heteroatoms. The second-order valence-corrected chi connectivity index (χ2v) is 10.3. The molecular formula is C18H17ClN4O5S2. The average molecular weight is 469 g/mol. The first-order valence-corrected chi connectivity index (χ1v) is 11.8. The van der Waals surface area contributed by atoms with Crippen molar-refractivity contribution in [2.75, 3.05) is 10.5 Å². The molecule has 158 valence electrons.